The largest absolute Gasteiger partial charge is 0.220 e. The van der Waals surface area contributed by atoms with Gasteiger partial charge in [-0.2, -0.15) is 4.57 Å². The fourth-order valence-electron chi connectivity index (χ4n) is 3.02. The van der Waals surface area contributed by atoms with Gasteiger partial charge in [0.1, 0.15) is 7.05 Å². The molecule has 1 aromatic heterocycles. The first kappa shape index (κ1) is 13.5. The minimum atomic E-state index is 0.477. The van der Waals surface area contributed by atoms with E-state index in [1.165, 1.54) is 27.8 Å². The van der Waals surface area contributed by atoms with Gasteiger partial charge in [0.25, 0.3) is 0 Å². The van der Waals surface area contributed by atoms with E-state index in [1.807, 2.05) is 6.92 Å². The average Bonchev–Trinajstić information content (AvgIpc) is 2.54. The molecule has 0 unspecified atom stereocenters. The lowest BCUT2D eigenvalue weighted by molar-refractivity contribution is -0.665. The Morgan fingerprint density at radius 2 is 1.77 bits per heavy atom. The molecule has 22 heavy (non-hydrogen) atoms. The summed E-state index contributed by atoms with van der Waals surface area (Å²) in [6.45, 7) is 8.60. The van der Waals surface area contributed by atoms with Crippen molar-refractivity contribution < 1.29 is 5.94 Å². The molecule has 0 aliphatic rings. The number of nitrogens with zero attached hydrogens (tertiary/aromatic N) is 1. The zero-order valence-corrected chi connectivity index (χ0v) is 14.1. The van der Waals surface area contributed by atoms with Gasteiger partial charge in [-0.3, -0.25) is 0 Å². The average molecular weight is 291 g/mol. The van der Waals surface area contributed by atoms with E-state index in [2.05, 4.69) is 74.9 Å². The van der Waals surface area contributed by atoms with Gasteiger partial charge in [-0.25, -0.2) is 0 Å². The molecule has 2 aromatic carbocycles. The Bertz CT molecular complexity index is 894. The third-order valence-corrected chi connectivity index (χ3v) is 4.52. The highest BCUT2D eigenvalue weighted by atomic mass is 14.9. The van der Waals surface area contributed by atoms with Gasteiger partial charge >= 0.3 is 0 Å². The van der Waals surface area contributed by atoms with Crippen molar-refractivity contribution in [1.29, 1.82) is 0 Å². The highest BCUT2D eigenvalue weighted by Gasteiger charge is 2.19. The molecule has 0 aliphatic carbocycles. The van der Waals surface area contributed by atoms with Gasteiger partial charge in [-0.1, -0.05) is 44.2 Å². The molecular formula is C21H24N+. The normalized spacial score (nSPS) is 12.0. The van der Waals surface area contributed by atoms with Gasteiger partial charge in [-0.05, 0) is 41.5 Å². The summed E-state index contributed by atoms with van der Waals surface area (Å²) in [6, 6.07) is 15.6. The highest BCUT2D eigenvalue weighted by Crippen LogP contribution is 2.30. The van der Waals surface area contributed by atoms with Crippen LogP contribution >= 0.6 is 0 Å². The summed E-state index contributed by atoms with van der Waals surface area (Å²) in [4.78, 5) is 0. The molecule has 112 valence electrons. The number of hydrogen-bond acceptors (Lipinski definition) is 0. The van der Waals surface area contributed by atoms with Crippen LogP contribution in [0.1, 0.15) is 38.0 Å². The first-order chi connectivity index (χ1) is 10.9. The third-order valence-electron chi connectivity index (χ3n) is 4.52. The van der Waals surface area contributed by atoms with Crippen molar-refractivity contribution >= 4 is 10.8 Å². The van der Waals surface area contributed by atoms with Crippen LogP contribution in [-0.2, 0) is 7.05 Å². The molecule has 3 aromatic rings. The zero-order valence-electron chi connectivity index (χ0n) is 15.1. The molecular weight excluding hydrogens is 266 g/mol. The highest BCUT2D eigenvalue weighted by molar-refractivity contribution is 5.94. The van der Waals surface area contributed by atoms with E-state index >= 15 is 0 Å². The van der Waals surface area contributed by atoms with Crippen molar-refractivity contribution in [1.82, 2.24) is 0 Å². The van der Waals surface area contributed by atoms with Gasteiger partial charge in [0.15, 0.2) is 5.69 Å². The second-order valence-electron chi connectivity index (χ2n) is 6.39. The lowest BCUT2D eigenvalue weighted by atomic mass is 9.94. The molecule has 0 radical (unpaired) electrons. The monoisotopic (exact) mass is 291 g/mol. The molecule has 0 bridgehead atoms. The lowest BCUT2D eigenvalue weighted by Crippen LogP contribution is -2.35. The van der Waals surface area contributed by atoms with Crippen LogP contribution in [0.25, 0.3) is 22.0 Å². The molecule has 0 saturated carbocycles. The van der Waals surface area contributed by atoms with E-state index in [1.54, 1.807) is 0 Å². The molecule has 3 rings (SSSR count). The lowest BCUT2D eigenvalue weighted by Gasteiger charge is -2.12. The maximum Gasteiger partial charge on any atom is 0.220 e. The molecule has 1 heteroatoms. The van der Waals surface area contributed by atoms with Crippen LogP contribution in [0.2, 0.25) is 0 Å². The molecule has 1 nitrogen and oxygen atoms in total. The van der Waals surface area contributed by atoms with Crippen molar-refractivity contribution in [2.75, 3.05) is 0 Å². The van der Waals surface area contributed by atoms with E-state index in [0.29, 0.717) is 12.0 Å². The van der Waals surface area contributed by atoms with Gasteiger partial charge in [0.2, 0.25) is 5.69 Å². The zero-order chi connectivity index (χ0) is 16.7. The van der Waals surface area contributed by atoms with Crippen molar-refractivity contribution in [2.45, 2.75) is 33.6 Å². The van der Waals surface area contributed by atoms with Gasteiger partial charge in [-0.15, -0.1) is 0 Å². The Morgan fingerprint density at radius 1 is 1.05 bits per heavy atom. The number of pyridine rings is 1. The van der Waals surface area contributed by atoms with Crippen molar-refractivity contribution in [3.8, 4) is 11.3 Å². The molecule has 0 fully saturated rings. The van der Waals surface area contributed by atoms with Crippen LogP contribution in [0, 0.1) is 13.8 Å². The van der Waals surface area contributed by atoms with Crippen LogP contribution in [-0.4, -0.2) is 0 Å². The Balaban J connectivity index is 2.48. The van der Waals surface area contributed by atoms with Crippen LogP contribution in [0.4, 0.5) is 0 Å². The molecule has 0 spiro atoms. The first-order valence-electron chi connectivity index (χ1n) is 8.40. The van der Waals surface area contributed by atoms with E-state index < -0.39 is 0 Å². The molecule has 1 heterocycles. The topological polar surface area (TPSA) is 3.88 Å². The SMILES string of the molecule is [2H]c1c(C)[n+](C)c(-c2ccccc2C)c2cc(C(C)C)ccc12. The number of aryl methyl sites for hydroxylation is 1. The second-order valence-corrected chi connectivity index (χ2v) is 6.39. The summed E-state index contributed by atoms with van der Waals surface area (Å²) in [6.07, 6.45) is 0. The third kappa shape index (κ3) is 2.41. The quantitative estimate of drug-likeness (QED) is 0.580. The standard InChI is InChI=1S/C21H24N/c1-14(2)17-10-11-18-12-16(4)22(5)21(20(18)13-17)19-9-7-6-8-15(19)3/h6-14H,1-5H3/q+1/i12D. The summed E-state index contributed by atoms with van der Waals surface area (Å²) in [5.41, 5.74) is 6.01. The summed E-state index contributed by atoms with van der Waals surface area (Å²) < 4.78 is 10.7. The summed E-state index contributed by atoms with van der Waals surface area (Å²) in [5.74, 6) is 0.477. The maximum absolute atomic E-state index is 8.50. The predicted octanol–water partition coefficient (Wildman–Crippen LogP) is 5.07. The minimum Gasteiger partial charge on any atom is -0.198 e. The number of benzene rings is 2. The van der Waals surface area contributed by atoms with Gasteiger partial charge < -0.3 is 0 Å². The van der Waals surface area contributed by atoms with E-state index in [0.717, 1.165) is 11.1 Å². The number of rotatable bonds is 2. The fraction of sp³-hybridized carbons (Fsp3) is 0.286. The number of aromatic nitrogens is 1. The molecule has 0 atom stereocenters. The van der Waals surface area contributed by atoms with Crippen LogP contribution in [0.3, 0.4) is 0 Å². The van der Waals surface area contributed by atoms with E-state index in [4.69, 9.17) is 1.37 Å². The summed E-state index contributed by atoms with van der Waals surface area (Å²) in [5, 5.41) is 2.20. The number of hydrogen-bond donors (Lipinski definition) is 0. The van der Waals surface area contributed by atoms with Gasteiger partial charge in [0.05, 0.1) is 6.76 Å². The summed E-state index contributed by atoms with van der Waals surface area (Å²) in [7, 11) is 2.07. The van der Waals surface area contributed by atoms with Crippen LogP contribution in [0.5, 0.6) is 0 Å². The Hall–Kier alpha value is -2.15. The van der Waals surface area contributed by atoms with Crippen molar-refractivity contribution in [3.63, 3.8) is 0 Å². The van der Waals surface area contributed by atoms with Crippen molar-refractivity contribution in [2.24, 2.45) is 7.05 Å². The molecule has 0 saturated heterocycles. The molecule has 0 N–H and O–H groups in total. The smallest absolute Gasteiger partial charge is 0.198 e. The maximum atomic E-state index is 8.50. The summed E-state index contributed by atoms with van der Waals surface area (Å²) >= 11 is 0. The number of fused-ring (bicyclic) bond motifs is 1. The first-order valence-corrected chi connectivity index (χ1v) is 7.90. The molecule has 0 aliphatic heterocycles. The van der Waals surface area contributed by atoms with Crippen LogP contribution < -0.4 is 4.57 Å². The van der Waals surface area contributed by atoms with E-state index in [-0.39, 0.29) is 0 Å². The Kier molecular flexibility index (Phi) is 3.42. The predicted molar refractivity (Wildman–Crippen MR) is 94.1 cm³/mol. The Labute approximate surface area is 134 Å². The Morgan fingerprint density at radius 3 is 2.45 bits per heavy atom. The van der Waals surface area contributed by atoms with Crippen LogP contribution in [0.15, 0.2) is 48.5 Å². The fourth-order valence-corrected chi connectivity index (χ4v) is 3.02. The molecule has 0 amide bonds. The van der Waals surface area contributed by atoms with E-state index in [9.17, 15) is 0 Å². The van der Waals surface area contributed by atoms with Gasteiger partial charge in [0, 0.05) is 18.5 Å². The van der Waals surface area contributed by atoms with Crippen molar-refractivity contribution in [3.05, 3.63) is 65.3 Å². The second kappa shape index (κ2) is 5.57. The minimum absolute atomic E-state index is 0.477.